The van der Waals surface area contributed by atoms with Crippen LogP contribution in [0.15, 0.2) is 48.1 Å². The molecule has 2 heterocycles. The Balaban J connectivity index is 0.00000121. The summed E-state index contributed by atoms with van der Waals surface area (Å²) in [4.78, 5) is 2.61. The Kier molecular flexibility index (Phi) is 3.98. The van der Waals surface area contributed by atoms with Crippen LogP contribution in [-0.2, 0) is 0 Å². The zero-order chi connectivity index (χ0) is 12.7. The predicted octanol–water partition coefficient (Wildman–Crippen LogP) is 1.37. The lowest BCUT2D eigenvalue weighted by Gasteiger charge is -2.39. The highest BCUT2D eigenvalue weighted by Gasteiger charge is 2.27. The molecule has 104 valence electrons. The summed E-state index contributed by atoms with van der Waals surface area (Å²) >= 11 is 0. The molecule has 20 heavy (non-hydrogen) atoms. The Labute approximate surface area is 136 Å². The lowest BCUT2D eigenvalue weighted by atomic mass is 9.96. The molecular formula is C17H19IN2. The second-order valence-electron chi connectivity index (χ2n) is 5.39. The average molecular weight is 378 g/mol. The van der Waals surface area contributed by atoms with Crippen molar-refractivity contribution in [3.63, 3.8) is 0 Å². The fourth-order valence-electron chi connectivity index (χ4n) is 3.39. The third-order valence-corrected chi connectivity index (χ3v) is 4.31. The third kappa shape index (κ3) is 2.23. The number of halogens is 1. The highest BCUT2D eigenvalue weighted by atomic mass is 127. The molecule has 1 saturated heterocycles. The van der Waals surface area contributed by atoms with E-state index in [0.29, 0.717) is 6.04 Å². The number of piperazine rings is 1. The molecule has 0 bridgehead atoms. The zero-order valence-corrected chi connectivity index (χ0v) is 13.7. The average Bonchev–Trinajstić information content (AvgIpc) is 2.62. The minimum absolute atomic E-state index is 0. The van der Waals surface area contributed by atoms with Gasteiger partial charge in [0.15, 0.2) is 0 Å². The SMILES string of the molecule is C1=CCC2C(=C1)C=c1ccccc1=C1CNCCN12.I. The van der Waals surface area contributed by atoms with Gasteiger partial charge in [0.1, 0.15) is 0 Å². The largest absolute Gasteiger partial charge is 0.365 e. The van der Waals surface area contributed by atoms with Crippen molar-refractivity contribution in [2.24, 2.45) is 0 Å². The summed E-state index contributed by atoms with van der Waals surface area (Å²) in [6.45, 7) is 3.17. The van der Waals surface area contributed by atoms with Gasteiger partial charge in [0, 0.05) is 30.5 Å². The van der Waals surface area contributed by atoms with E-state index in [1.54, 1.807) is 0 Å². The quantitative estimate of drug-likeness (QED) is 0.687. The monoisotopic (exact) mass is 378 g/mol. The molecule has 2 nitrogen and oxygen atoms in total. The first kappa shape index (κ1) is 13.9. The van der Waals surface area contributed by atoms with Crippen molar-refractivity contribution < 1.29 is 0 Å². The summed E-state index contributed by atoms with van der Waals surface area (Å²) in [5, 5.41) is 6.27. The van der Waals surface area contributed by atoms with E-state index in [-0.39, 0.29) is 24.0 Å². The Hall–Kier alpha value is -1.07. The first-order chi connectivity index (χ1) is 9.43. The van der Waals surface area contributed by atoms with Gasteiger partial charge in [0.05, 0.1) is 6.04 Å². The molecule has 1 N–H and O–H groups in total. The smallest absolute Gasteiger partial charge is 0.0575 e. The van der Waals surface area contributed by atoms with Gasteiger partial charge >= 0.3 is 0 Å². The van der Waals surface area contributed by atoms with Gasteiger partial charge in [-0.1, -0.05) is 42.5 Å². The number of benzene rings is 1. The minimum Gasteiger partial charge on any atom is -0.365 e. The van der Waals surface area contributed by atoms with Gasteiger partial charge in [-0.05, 0) is 23.3 Å². The molecule has 4 rings (SSSR count). The lowest BCUT2D eigenvalue weighted by Crippen LogP contribution is -2.49. The van der Waals surface area contributed by atoms with Crippen LogP contribution in [0.4, 0.5) is 0 Å². The summed E-state index contributed by atoms with van der Waals surface area (Å²) in [6.07, 6.45) is 10.3. The molecule has 2 aliphatic heterocycles. The lowest BCUT2D eigenvalue weighted by molar-refractivity contribution is 0.298. The van der Waals surface area contributed by atoms with E-state index in [4.69, 9.17) is 0 Å². The van der Waals surface area contributed by atoms with Crippen LogP contribution < -0.4 is 15.8 Å². The van der Waals surface area contributed by atoms with Gasteiger partial charge < -0.3 is 10.2 Å². The van der Waals surface area contributed by atoms with E-state index in [1.165, 1.54) is 21.7 Å². The van der Waals surface area contributed by atoms with E-state index >= 15 is 0 Å². The minimum atomic E-state index is 0. The first-order valence-electron chi connectivity index (χ1n) is 7.07. The fourth-order valence-corrected chi connectivity index (χ4v) is 3.39. The second kappa shape index (κ2) is 5.74. The van der Waals surface area contributed by atoms with Crippen LogP contribution in [0.5, 0.6) is 0 Å². The summed E-state index contributed by atoms with van der Waals surface area (Å²) < 4.78 is 0. The second-order valence-corrected chi connectivity index (χ2v) is 5.39. The van der Waals surface area contributed by atoms with Crippen molar-refractivity contribution in [1.29, 1.82) is 0 Å². The van der Waals surface area contributed by atoms with Crippen LogP contribution in [0.3, 0.4) is 0 Å². The van der Waals surface area contributed by atoms with Crippen molar-refractivity contribution in [3.8, 4) is 0 Å². The topological polar surface area (TPSA) is 15.3 Å². The van der Waals surface area contributed by atoms with Crippen LogP contribution in [0.25, 0.3) is 11.8 Å². The molecule has 0 amide bonds. The van der Waals surface area contributed by atoms with Crippen LogP contribution >= 0.6 is 24.0 Å². The Morgan fingerprint density at radius 1 is 1.20 bits per heavy atom. The molecule has 3 aliphatic rings. The number of allylic oxidation sites excluding steroid dienone is 2. The van der Waals surface area contributed by atoms with Gasteiger partial charge in [-0.15, -0.1) is 24.0 Å². The van der Waals surface area contributed by atoms with Gasteiger partial charge in [0.25, 0.3) is 0 Å². The van der Waals surface area contributed by atoms with Gasteiger partial charge in [-0.25, -0.2) is 0 Å². The molecule has 1 aromatic rings. The summed E-state index contributed by atoms with van der Waals surface area (Å²) in [6, 6.07) is 9.29. The van der Waals surface area contributed by atoms with Crippen LogP contribution in [0, 0.1) is 0 Å². The standard InChI is InChI=1S/C17H18N2.HI/c1-3-7-15-13(5-1)11-14-6-2-4-8-16(14)19-10-9-18-12-17(15)19;/h1-7,11,16,18H,8-10,12H2;1H. The van der Waals surface area contributed by atoms with Gasteiger partial charge in [-0.3, -0.25) is 0 Å². The number of hydrogen-bond acceptors (Lipinski definition) is 2. The maximum absolute atomic E-state index is 3.52. The van der Waals surface area contributed by atoms with Crippen molar-refractivity contribution in [2.45, 2.75) is 12.5 Å². The predicted molar refractivity (Wildman–Crippen MR) is 94.2 cm³/mol. The Morgan fingerprint density at radius 3 is 3.05 bits per heavy atom. The molecular weight excluding hydrogens is 359 g/mol. The summed E-state index contributed by atoms with van der Waals surface area (Å²) in [5.41, 5.74) is 2.91. The normalized spacial score (nSPS) is 23.4. The molecule has 1 aromatic carbocycles. The van der Waals surface area contributed by atoms with Crippen molar-refractivity contribution in [2.75, 3.05) is 19.6 Å². The molecule has 1 atom stereocenters. The third-order valence-electron chi connectivity index (χ3n) is 4.31. The Morgan fingerprint density at radius 2 is 2.10 bits per heavy atom. The number of nitrogens with one attached hydrogen (secondary N) is 1. The van der Waals surface area contributed by atoms with E-state index in [9.17, 15) is 0 Å². The van der Waals surface area contributed by atoms with E-state index in [1.807, 2.05) is 0 Å². The van der Waals surface area contributed by atoms with Crippen LogP contribution in [0.2, 0.25) is 0 Å². The van der Waals surface area contributed by atoms with Gasteiger partial charge in [-0.2, -0.15) is 0 Å². The van der Waals surface area contributed by atoms with E-state index in [2.05, 4.69) is 58.8 Å². The fraction of sp³-hybridized carbons (Fsp3) is 0.294. The summed E-state index contributed by atoms with van der Waals surface area (Å²) in [5.74, 6) is 0. The van der Waals surface area contributed by atoms with Crippen molar-refractivity contribution >= 4 is 35.7 Å². The number of hydrogen-bond donors (Lipinski definition) is 1. The maximum Gasteiger partial charge on any atom is 0.0575 e. The zero-order valence-electron chi connectivity index (χ0n) is 11.4. The van der Waals surface area contributed by atoms with Crippen molar-refractivity contribution in [3.05, 3.63) is 58.5 Å². The van der Waals surface area contributed by atoms with Crippen LogP contribution in [0.1, 0.15) is 6.42 Å². The molecule has 0 radical (unpaired) electrons. The van der Waals surface area contributed by atoms with Crippen molar-refractivity contribution in [1.82, 2.24) is 10.2 Å². The molecule has 1 fully saturated rings. The molecule has 0 saturated carbocycles. The highest BCUT2D eigenvalue weighted by Crippen LogP contribution is 2.26. The molecule has 1 aliphatic carbocycles. The highest BCUT2D eigenvalue weighted by molar-refractivity contribution is 14.0. The molecule has 0 aromatic heterocycles. The molecule has 3 heteroatoms. The first-order valence-corrected chi connectivity index (χ1v) is 7.07. The number of nitrogens with zero attached hydrogens (tertiary/aromatic N) is 1. The van der Waals surface area contributed by atoms with E-state index < -0.39 is 0 Å². The molecule has 1 unspecified atom stereocenters. The van der Waals surface area contributed by atoms with E-state index in [0.717, 1.165) is 26.1 Å². The number of rotatable bonds is 0. The van der Waals surface area contributed by atoms with Crippen LogP contribution in [-0.4, -0.2) is 30.6 Å². The Bertz CT molecular complexity index is 687. The maximum atomic E-state index is 3.52. The molecule has 0 spiro atoms. The van der Waals surface area contributed by atoms with Gasteiger partial charge in [0.2, 0.25) is 0 Å². The summed E-state index contributed by atoms with van der Waals surface area (Å²) in [7, 11) is 0. The number of fused-ring (bicyclic) bond motifs is 4.